The Morgan fingerprint density at radius 2 is 1.84 bits per heavy atom. The largest absolute Gasteiger partial charge is 0.415 e. The lowest BCUT2D eigenvalue weighted by Gasteiger charge is -2.24. The summed E-state index contributed by atoms with van der Waals surface area (Å²) in [6, 6.07) is 5.11. The third kappa shape index (κ3) is 4.82. The molecule has 1 aliphatic rings. The maximum Gasteiger partial charge on any atom is 0.314 e. The smallest absolute Gasteiger partial charge is 0.314 e. The quantitative estimate of drug-likeness (QED) is 0.580. The summed E-state index contributed by atoms with van der Waals surface area (Å²) in [7, 11) is -3.35. The van der Waals surface area contributed by atoms with E-state index in [0.29, 0.717) is 18.5 Å². The van der Waals surface area contributed by atoms with Gasteiger partial charge in [0, 0.05) is 25.5 Å². The first-order chi connectivity index (χ1) is 14.8. The van der Waals surface area contributed by atoms with Gasteiger partial charge in [0.2, 0.25) is 16.0 Å². The van der Waals surface area contributed by atoms with Crippen molar-refractivity contribution >= 4 is 16.0 Å². The van der Waals surface area contributed by atoms with E-state index in [2.05, 4.69) is 25.5 Å². The number of halogens is 3. The molecule has 164 valence electrons. The third-order valence-corrected chi connectivity index (χ3v) is 6.61. The first-order valence-electron chi connectivity index (χ1n) is 9.25. The zero-order valence-electron chi connectivity index (χ0n) is 16.0. The highest BCUT2D eigenvalue weighted by Crippen LogP contribution is 2.25. The highest BCUT2D eigenvalue weighted by atomic mass is 32.2. The molecule has 0 saturated carbocycles. The number of aromatic nitrogens is 4. The number of benzene rings is 1. The van der Waals surface area contributed by atoms with Crippen LogP contribution in [-0.4, -0.2) is 51.7 Å². The molecule has 1 aromatic carbocycles. The van der Waals surface area contributed by atoms with Crippen LogP contribution in [0.1, 0.15) is 30.3 Å². The molecule has 1 atom stereocenters. The van der Waals surface area contributed by atoms with Crippen molar-refractivity contribution in [2.75, 3.05) is 24.2 Å². The average molecular weight is 454 g/mol. The lowest BCUT2D eigenvalue weighted by molar-refractivity contribution is 0.116. The predicted octanol–water partition coefficient (Wildman–Crippen LogP) is 2.79. The molecule has 0 radical (unpaired) electrons. The molecule has 0 bridgehead atoms. The van der Waals surface area contributed by atoms with E-state index in [0.717, 1.165) is 0 Å². The van der Waals surface area contributed by atoms with Crippen LogP contribution in [0.3, 0.4) is 0 Å². The molecule has 1 aliphatic heterocycles. The van der Waals surface area contributed by atoms with Gasteiger partial charge in [-0.1, -0.05) is 12.1 Å². The van der Waals surface area contributed by atoms with Crippen molar-refractivity contribution < 1.29 is 26.0 Å². The minimum Gasteiger partial charge on any atom is -0.415 e. The molecule has 13 heteroatoms. The van der Waals surface area contributed by atoms with Crippen LogP contribution in [0.4, 0.5) is 19.1 Å². The molecule has 4 rings (SSSR count). The van der Waals surface area contributed by atoms with Gasteiger partial charge < -0.3 is 9.73 Å². The Labute approximate surface area is 175 Å². The maximum atomic E-state index is 13.3. The summed E-state index contributed by atoms with van der Waals surface area (Å²) in [6.07, 6.45) is 0.272. The molecule has 31 heavy (non-hydrogen) atoms. The van der Waals surface area contributed by atoms with Gasteiger partial charge in [-0.2, -0.15) is 13.1 Å². The summed E-state index contributed by atoms with van der Waals surface area (Å²) in [6.45, 7) is 0.506. The van der Waals surface area contributed by atoms with E-state index < -0.39 is 34.2 Å². The standard InChI is InChI=1S/C18H17F3N6O3S/c19-13-4-2-11(3-5-13)14(10-27-6-1-7-31(27,28)29)24-18-22-8-12(9-23-18)16-25-26-17(30-16)15(20)21/h2-5,8-9,14-15H,1,6-7,10H2,(H,22,23,24). The van der Waals surface area contributed by atoms with Crippen LogP contribution in [0.2, 0.25) is 0 Å². The number of nitrogens with zero attached hydrogens (tertiary/aromatic N) is 5. The van der Waals surface area contributed by atoms with Gasteiger partial charge in [0.05, 0.1) is 17.4 Å². The SMILES string of the molecule is O=S1(=O)CCCN1CC(Nc1ncc(-c2nnc(C(F)F)o2)cn1)c1ccc(F)cc1. The van der Waals surface area contributed by atoms with E-state index in [4.69, 9.17) is 4.42 Å². The summed E-state index contributed by atoms with van der Waals surface area (Å²) in [5.74, 6) is -1.14. The Bertz CT molecular complexity index is 1140. The normalized spacial score (nSPS) is 17.2. The first-order valence-corrected chi connectivity index (χ1v) is 10.9. The minimum absolute atomic E-state index is 0.0825. The minimum atomic E-state index is -3.35. The molecule has 1 saturated heterocycles. The van der Waals surface area contributed by atoms with E-state index in [1.54, 1.807) is 12.1 Å². The van der Waals surface area contributed by atoms with Gasteiger partial charge in [0.25, 0.3) is 11.8 Å². The molecule has 1 fully saturated rings. The van der Waals surface area contributed by atoms with Crippen molar-refractivity contribution in [1.82, 2.24) is 24.5 Å². The second-order valence-electron chi connectivity index (χ2n) is 6.82. The maximum absolute atomic E-state index is 13.3. The molecule has 0 spiro atoms. The zero-order valence-corrected chi connectivity index (χ0v) is 16.8. The second kappa shape index (κ2) is 8.59. The van der Waals surface area contributed by atoms with E-state index >= 15 is 0 Å². The predicted molar refractivity (Wildman–Crippen MR) is 103 cm³/mol. The fourth-order valence-electron chi connectivity index (χ4n) is 3.14. The average Bonchev–Trinajstić information content (AvgIpc) is 3.36. The summed E-state index contributed by atoms with van der Waals surface area (Å²) >= 11 is 0. The topological polar surface area (TPSA) is 114 Å². The Morgan fingerprint density at radius 1 is 1.13 bits per heavy atom. The van der Waals surface area contributed by atoms with Gasteiger partial charge in [0.15, 0.2) is 0 Å². The molecule has 0 amide bonds. The van der Waals surface area contributed by atoms with E-state index in [1.807, 2.05) is 0 Å². The van der Waals surface area contributed by atoms with Crippen LogP contribution < -0.4 is 5.32 Å². The van der Waals surface area contributed by atoms with Crippen LogP contribution >= 0.6 is 0 Å². The van der Waals surface area contributed by atoms with E-state index in [9.17, 15) is 21.6 Å². The van der Waals surface area contributed by atoms with Crippen molar-refractivity contribution in [2.24, 2.45) is 0 Å². The van der Waals surface area contributed by atoms with Gasteiger partial charge in [-0.3, -0.25) is 0 Å². The second-order valence-corrected chi connectivity index (χ2v) is 8.91. The number of hydrogen-bond acceptors (Lipinski definition) is 8. The number of nitrogens with one attached hydrogen (secondary N) is 1. The van der Waals surface area contributed by atoms with Gasteiger partial charge in [0.1, 0.15) is 5.82 Å². The molecular formula is C18H17F3N6O3S. The number of hydrogen-bond donors (Lipinski definition) is 1. The number of anilines is 1. The van der Waals surface area contributed by atoms with Crippen LogP contribution in [0.5, 0.6) is 0 Å². The highest BCUT2D eigenvalue weighted by molar-refractivity contribution is 7.89. The number of rotatable bonds is 7. The molecule has 2 aromatic heterocycles. The Hall–Kier alpha value is -3.06. The molecule has 3 heterocycles. The Morgan fingerprint density at radius 3 is 2.42 bits per heavy atom. The summed E-state index contributed by atoms with van der Waals surface area (Å²) in [5, 5.41) is 9.83. The molecular weight excluding hydrogens is 437 g/mol. The lowest BCUT2D eigenvalue weighted by atomic mass is 10.1. The third-order valence-electron chi connectivity index (χ3n) is 4.69. The van der Waals surface area contributed by atoms with Gasteiger partial charge in [-0.05, 0) is 24.1 Å². The Balaban J connectivity index is 1.55. The van der Waals surface area contributed by atoms with Crippen molar-refractivity contribution in [3.63, 3.8) is 0 Å². The molecule has 1 N–H and O–H groups in total. The van der Waals surface area contributed by atoms with Crippen molar-refractivity contribution in [1.29, 1.82) is 0 Å². The van der Waals surface area contributed by atoms with Crippen LogP contribution in [0.25, 0.3) is 11.5 Å². The first kappa shape index (κ1) is 21.2. The van der Waals surface area contributed by atoms with Crippen molar-refractivity contribution in [3.8, 4) is 11.5 Å². The summed E-state index contributed by atoms with van der Waals surface area (Å²) < 4.78 is 69.2. The number of sulfonamides is 1. The summed E-state index contributed by atoms with van der Waals surface area (Å²) in [5.41, 5.74) is 0.889. The van der Waals surface area contributed by atoms with Crippen LogP contribution in [0, 0.1) is 5.82 Å². The highest BCUT2D eigenvalue weighted by Gasteiger charge is 2.31. The van der Waals surface area contributed by atoms with Crippen LogP contribution in [-0.2, 0) is 10.0 Å². The van der Waals surface area contributed by atoms with Crippen molar-refractivity contribution in [3.05, 3.63) is 53.9 Å². The van der Waals surface area contributed by atoms with E-state index in [-0.39, 0.29) is 29.7 Å². The summed E-state index contributed by atoms with van der Waals surface area (Å²) in [4.78, 5) is 8.25. The molecule has 0 aliphatic carbocycles. The molecule has 9 nitrogen and oxygen atoms in total. The zero-order chi connectivity index (χ0) is 22.0. The van der Waals surface area contributed by atoms with Crippen molar-refractivity contribution in [2.45, 2.75) is 18.9 Å². The van der Waals surface area contributed by atoms with Gasteiger partial charge in [-0.25, -0.2) is 22.8 Å². The lowest BCUT2D eigenvalue weighted by Crippen LogP contribution is -2.33. The fourth-order valence-corrected chi connectivity index (χ4v) is 4.67. The molecule has 3 aromatic rings. The molecule has 1 unspecified atom stereocenters. The monoisotopic (exact) mass is 454 g/mol. The fraction of sp³-hybridized carbons (Fsp3) is 0.333. The number of alkyl halides is 2. The van der Waals surface area contributed by atoms with Crippen LogP contribution in [0.15, 0.2) is 41.1 Å². The Kier molecular flexibility index (Phi) is 5.87. The van der Waals surface area contributed by atoms with E-state index in [1.165, 1.54) is 28.8 Å². The van der Waals surface area contributed by atoms with Gasteiger partial charge >= 0.3 is 6.43 Å². The van der Waals surface area contributed by atoms with Gasteiger partial charge in [-0.15, -0.1) is 10.2 Å².